The highest BCUT2D eigenvalue weighted by molar-refractivity contribution is 5.31. The zero-order valence-electron chi connectivity index (χ0n) is 13.7. The predicted octanol–water partition coefficient (Wildman–Crippen LogP) is 3.38. The van der Waals surface area contributed by atoms with Gasteiger partial charge < -0.3 is 21.3 Å². The van der Waals surface area contributed by atoms with E-state index in [0.29, 0.717) is 12.3 Å². The van der Waals surface area contributed by atoms with Gasteiger partial charge in [-0.3, -0.25) is 0 Å². The molecule has 0 spiro atoms. The third-order valence-electron chi connectivity index (χ3n) is 2.77. The maximum atomic E-state index is 9.30. The molecule has 22 heavy (non-hydrogen) atoms. The van der Waals surface area contributed by atoms with Crippen molar-refractivity contribution in [3.8, 4) is 11.5 Å². The van der Waals surface area contributed by atoms with Gasteiger partial charge in [0.1, 0.15) is 11.5 Å². The van der Waals surface area contributed by atoms with Gasteiger partial charge in [0.25, 0.3) is 0 Å². The Balaban J connectivity index is 0.000000366. The van der Waals surface area contributed by atoms with Crippen molar-refractivity contribution >= 4 is 0 Å². The Bertz CT molecular complexity index is 516. The van der Waals surface area contributed by atoms with Crippen molar-refractivity contribution in [3.05, 3.63) is 59.7 Å². The van der Waals surface area contributed by atoms with E-state index in [2.05, 4.69) is 5.32 Å². The first-order chi connectivity index (χ1) is 10.7. The van der Waals surface area contributed by atoms with E-state index in [0.717, 1.165) is 24.2 Å². The number of benzene rings is 2. The van der Waals surface area contributed by atoms with Crippen molar-refractivity contribution < 1.29 is 10.2 Å². The molecule has 4 nitrogen and oxygen atoms in total. The minimum Gasteiger partial charge on any atom is -0.508 e. The maximum absolute atomic E-state index is 9.30. The molecule has 4 heteroatoms. The second-order valence-electron chi connectivity index (χ2n) is 4.24. The zero-order chi connectivity index (χ0) is 16.8. The minimum atomic E-state index is 0.278. The molecule has 2 aromatic rings. The number of nitrogens with two attached hydrogens (primary N) is 1. The van der Waals surface area contributed by atoms with Crippen LogP contribution in [0.3, 0.4) is 0 Å². The molecule has 0 bridgehead atoms. The molecule has 0 saturated carbocycles. The van der Waals surface area contributed by atoms with E-state index in [-0.39, 0.29) is 5.75 Å². The van der Waals surface area contributed by atoms with Gasteiger partial charge >= 0.3 is 0 Å². The van der Waals surface area contributed by atoms with Crippen molar-refractivity contribution in [3.63, 3.8) is 0 Å². The first-order valence-electron chi connectivity index (χ1n) is 7.63. The molecule has 0 unspecified atom stereocenters. The van der Waals surface area contributed by atoms with Crippen molar-refractivity contribution in [2.24, 2.45) is 5.73 Å². The predicted molar refractivity (Wildman–Crippen MR) is 92.8 cm³/mol. The van der Waals surface area contributed by atoms with Gasteiger partial charge in [-0.2, -0.15) is 0 Å². The summed E-state index contributed by atoms with van der Waals surface area (Å²) in [5, 5.41) is 21.5. The first-order valence-corrected chi connectivity index (χ1v) is 7.63. The molecule has 5 N–H and O–H groups in total. The number of nitrogens with one attached hydrogen (secondary N) is 1. The molecule has 0 fully saturated rings. The molecule has 0 radical (unpaired) electrons. The third kappa shape index (κ3) is 7.67. The average molecular weight is 304 g/mol. The Morgan fingerprint density at radius 3 is 1.68 bits per heavy atom. The van der Waals surface area contributed by atoms with E-state index in [1.807, 2.05) is 45.0 Å². The fourth-order valence-corrected chi connectivity index (χ4v) is 1.60. The summed E-state index contributed by atoms with van der Waals surface area (Å²) in [4.78, 5) is 0. The summed E-state index contributed by atoms with van der Waals surface area (Å²) in [5.41, 5.74) is 7.03. The smallest absolute Gasteiger partial charge is 0.120 e. The largest absolute Gasteiger partial charge is 0.508 e. The van der Waals surface area contributed by atoms with Gasteiger partial charge in [-0.05, 0) is 18.7 Å². The lowest BCUT2D eigenvalue weighted by atomic mass is 10.2. The lowest BCUT2D eigenvalue weighted by Gasteiger charge is -2.03. The van der Waals surface area contributed by atoms with Crippen LogP contribution in [0.25, 0.3) is 0 Å². The van der Waals surface area contributed by atoms with Crippen LogP contribution in [0.1, 0.15) is 31.9 Å². The molecule has 0 heterocycles. The summed E-state index contributed by atoms with van der Waals surface area (Å²) < 4.78 is 0. The second-order valence-corrected chi connectivity index (χ2v) is 4.24. The van der Waals surface area contributed by atoms with Crippen molar-refractivity contribution in [1.82, 2.24) is 5.32 Å². The fourth-order valence-electron chi connectivity index (χ4n) is 1.60. The monoisotopic (exact) mass is 304 g/mol. The number of hydrogen-bond donors (Lipinski definition) is 4. The Kier molecular flexibility index (Phi) is 11.5. The van der Waals surface area contributed by atoms with Gasteiger partial charge in [0.15, 0.2) is 0 Å². The van der Waals surface area contributed by atoms with Crippen molar-refractivity contribution in [2.45, 2.75) is 33.9 Å². The molecule has 0 aromatic heterocycles. The van der Waals surface area contributed by atoms with Crippen LogP contribution in [0.4, 0.5) is 0 Å². The van der Waals surface area contributed by atoms with Gasteiger partial charge in [0.05, 0.1) is 0 Å². The molecule has 0 aliphatic rings. The van der Waals surface area contributed by atoms with Gasteiger partial charge in [-0.25, -0.2) is 0 Å². The van der Waals surface area contributed by atoms with Crippen LogP contribution in [0.15, 0.2) is 48.5 Å². The SMILES string of the molecule is CC.CCNCc1ccccc1O.NCc1ccccc1O. The normalized spacial score (nSPS) is 9.09. The number of phenols is 2. The molecule has 122 valence electrons. The maximum Gasteiger partial charge on any atom is 0.120 e. The fraction of sp³-hybridized carbons (Fsp3) is 0.333. The van der Waals surface area contributed by atoms with Gasteiger partial charge in [-0.1, -0.05) is 57.2 Å². The Morgan fingerprint density at radius 2 is 1.32 bits per heavy atom. The second kappa shape index (κ2) is 12.7. The molecule has 0 aliphatic heterocycles. The van der Waals surface area contributed by atoms with E-state index in [1.54, 1.807) is 24.3 Å². The lowest BCUT2D eigenvalue weighted by molar-refractivity contribution is 0.465. The summed E-state index contributed by atoms with van der Waals surface area (Å²) in [6, 6.07) is 14.4. The van der Waals surface area contributed by atoms with Crippen LogP contribution >= 0.6 is 0 Å². The molecule has 0 aliphatic carbocycles. The van der Waals surface area contributed by atoms with E-state index in [1.165, 1.54) is 0 Å². The van der Waals surface area contributed by atoms with Crippen LogP contribution in [-0.2, 0) is 13.1 Å². The highest BCUT2D eigenvalue weighted by atomic mass is 16.3. The van der Waals surface area contributed by atoms with Crippen LogP contribution in [0.2, 0.25) is 0 Å². The number of aromatic hydroxyl groups is 2. The summed E-state index contributed by atoms with van der Waals surface area (Å²) in [5.74, 6) is 0.647. The minimum absolute atomic E-state index is 0.278. The number of hydrogen-bond acceptors (Lipinski definition) is 4. The quantitative estimate of drug-likeness (QED) is 0.698. The zero-order valence-corrected chi connectivity index (χ0v) is 13.7. The third-order valence-corrected chi connectivity index (χ3v) is 2.77. The van der Waals surface area contributed by atoms with E-state index >= 15 is 0 Å². The molecule has 0 amide bonds. The van der Waals surface area contributed by atoms with Crippen LogP contribution in [-0.4, -0.2) is 16.8 Å². The van der Waals surface area contributed by atoms with Gasteiger partial charge in [0.2, 0.25) is 0 Å². The molecule has 0 atom stereocenters. The Hall–Kier alpha value is -2.04. The first kappa shape index (κ1) is 20.0. The van der Waals surface area contributed by atoms with E-state index in [4.69, 9.17) is 10.8 Å². The Labute approximate surface area is 133 Å². The standard InChI is InChI=1S/C9H13NO.C7H9NO.C2H6/c1-2-10-7-8-5-3-4-6-9(8)11;8-5-6-3-1-2-4-7(6)9;1-2/h3-6,10-11H,2,7H2,1H3;1-4,9H,5,8H2;1-2H3. The van der Waals surface area contributed by atoms with E-state index < -0.39 is 0 Å². The number of para-hydroxylation sites is 2. The molecule has 0 saturated heterocycles. The summed E-state index contributed by atoms with van der Waals surface area (Å²) in [7, 11) is 0. The highest BCUT2D eigenvalue weighted by Crippen LogP contribution is 2.14. The van der Waals surface area contributed by atoms with Gasteiger partial charge in [-0.15, -0.1) is 0 Å². The van der Waals surface area contributed by atoms with Crippen molar-refractivity contribution in [1.29, 1.82) is 0 Å². The van der Waals surface area contributed by atoms with Crippen LogP contribution < -0.4 is 11.1 Å². The average Bonchev–Trinajstić information content (AvgIpc) is 2.57. The molecule has 2 aromatic carbocycles. The molecule has 2 rings (SSSR count). The molecular weight excluding hydrogens is 276 g/mol. The highest BCUT2D eigenvalue weighted by Gasteiger charge is 1.96. The summed E-state index contributed by atoms with van der Waals surface area (Å²) in [6.07, 6.45) is 0. The summed E-state index contributed by atoms with van der Waals surface area (Å²) in [6.45, 7) is 8.10. The van der Waals surface area contributed by atoms with Crippen molar-refractivity contribution in [2.75, 3.05) is 6.54 Å². The van der Waals surface area contributed by atoms with Gasteiger partial charge in [0, 0.05) is 24.2 Å². The summed E-state index contributed by atoms with van der Waals surface area (Å²) >= 11 is 0. The topological polar surface area (TPSA) is 78.5 Å². The number of phenolic OH excluding ortho intramolecular Hbond substituents is 2. The van der Waals surface area contributed by atoms with Crippen LogP contribution in [0.5, 0.6) is 11.5 Å². The lowest BCUT2D eigenvalue weighted by Crippen LogP contribution is -2.11. The van der Waals surface area contributed by atoms with E-state index in [9.17, 15) is 5.11 Å². The Morgan fingerprint density at radius 1 is 0.864 bits per heavy atom. The molecular formula is C18H28N2O2. The van der Waals surface area contributed by atoms with Crippen LogP contribution in [0, 0.1) is 0 Å². The number of rotatable bonds is 4.